The molecule has 3 N–H and O–H groups in total. The second-order valence-electron chi connectivity index (χ2n) is 10.0. The number of anilines is 1. The number of halogens is 2. The smallest absolute Gasteiger partial charge is 0.268 e. The van der Waals surface area contributed by atoms with Crippen molar-refractivity contribution in [2.24, 2.45) is 0 Å². The molecule has 1 atom stereocenters. The van der Waals surface area contributed by atoms with Gasteiger partial charge in [0.2, 0.25) is 5.91 Å². The summed E-state index contributed by atoms with van der Waals surface area (Å²) in [5.41, 5.74) is 8.73. The minimum absolute atomic E-state index is 0.0110. The van der Waals surface area contributed by atoms with E-state index in [0.29, 0.717) is 28.1 Å². The highest BCUT2D eigenvalue weighted by atomic mass is 32.1. The number of nitrogens with one attached hydrogen (secondary N) is 1. The lowest BCUT2D eigenvalue weighted by molar-refractivity contribution is -0.126. The number of hydrogen-bond acceptors (Lipinski definition) is 6. The van der Waals surface area contributed by atoms with Crippen molar-refractivity contribution in [3.05, 3.63) is 100 Å². The molecule has 0 bridgehead atoms. The van der Waals surface area contributed by atoms with Crippen LogP contribution in [0.5, 0.6) is 5.75 Å². The molecule has 2 amide bonds. The van der Waals surface area contributed by atoms with Crippen molar-refractivity contribution in [2.45, 2.75) is 44.3 Å². The van der Waals surface area contributed by atoms with Gasteiger partial charge in [-0.3, -0.25) is 9.59 Å². The molecule has 5 rings (SSSR count). The summed E-state index contributed by atoms with van der Waals surface area (Å²) in [6, 6.07) is 17.4. The van der Waals surface area contributed by atoms with Crippen LogP contribution in [0.4, 0.5) is 14.5 Å². The van der Waals surface area contributed by atoms with Crippen LogP contribution in [0, 0.1) is 11.6 Å². The molecule has 0 saturated heterocycles. The Balaban J connectivity index is 1.57. The van der Waals surface area contributed by atoms with Gasteiger partial charge in [0.05, 0.1) is 12.8 Å². The second kappa shape index (κ2) is 12.5. The van der Waals surface area contributed by atoms with Crippen molar-refractivity contribution in [3.63, 3.8) is 0 Å². The van der Waals surface area contributed by atoms with E-state index in [4.69, 9.17) is 10.5 Å². The van der Waals surface area contributed by atoms with Gasteiger partial charge in [-0.15, -0.1) is 0 Å². The number of hydrogen-bond donors (Lipinski definition) is 2. The van der Waals surface area contributed by atoms with Crippen LogP contribution in [0.15, 0.2) is 72.8 Å². The molecule has 1 aliphatic rings. The first-order chi connectivity index (χ1) is 19.8. The molecular formula is C31H30F2N4O3S. The summed E-state index contributed by atoms with van der Waals surface area (Å²) in [6.45, 7) is 0.0110. The molecule has 0 unspecified atom stereocenters. The molecule has 1 saturated carbocycles. The summed E-state index contributed by atoms with van der Waals surface area (Å²) in [7, 11) is 1.55. The second-order valence-corrected chi connectivity index (χ2v) is 10.8. The van der Waals surface area contributed by atoms with Crippen molar-refractivity contribution in [2.75, 3.05) is 12.8 Å². The highest BCUT2D eigenvalue weighted by Gasteiger charge is 2.36. The van der Waals surface area contributed by atoms with Crippen LogP contribution in [0.25, 0.3) is 11.3 Å². The first-order valence-corrected chi connectivity index (χ1v) is 14.1. The highest BCUT2D eigenvalue weighted by molar-refractivity contribution is 7.09. The summed E-state index contributed by atoms with van der Waals surface area (Å²) in [4.78, 5) is 29.8. The maximum atomic E-state index is 14.3. The summed E-state index contributed by atoms with van der Waals surface area (Å²) >= 11 is 0.916. The first kappa shape index (κ1) is 28.2. The van der Waals surface area contributed by atoms with Gasteiger partial charge in [-0.2, -0.15) is 4.37 Å². The Hall–Kier alpha value is -4.31. The lowest BCUT2D eigenvalue weighted by Crippen LogP contribution is -2.45. The van der Waals surface area contributed by atoms with Crippen LogP contribution in [-0.2, 0) is 11.3 Å². The third-order valence-electron chi connectivity index (χ3n) is 7.26. The Morgan fingerprint density at radius 3 is 2.22 bits per heavy atom. The van der Waals surface area contributed by atoms with Crippen LogP contribution in [0.1, 0.15) is 52.5 Å². The zero-order chi connectivity index (χ0) is 28.9. The molecule has 3 aromatic carbocycles. The maximum absolute atomic E-state index is 14.3. The third kappa shape index (κ3) is 6.38. The van der Waals surface area contributed by atoms with E-state index in [9.17, 15) is 18.4 Å². The van der Waals surface area contributed by atoms with Gasteiger partial charge in [0.15, 0.2) is 0 Å². The normalized spacial score (nSPS) is 14.0. The molecule has 212 valence electrons. The van der Waals surface area contributed by atoms with Crippen molar-refractivity contribution in [1.29, 1.82) is 0 Å². The Morgan fingerprint density at radius 2 is 1.61 bits per heavy atom. The quantitative estimate of drug-likeness (QED) is 0.250. The molecule has 7 nitrogen and oxygen atoms in total. The SMILES string of the molecule is COc1ccc([C@H](C(=O)NC2CCCC2)N(Cc2ccc(F)cc2)C(=O)c2snc(-c3ccc(F)cc3)c2N)cc1. The predicted octanol–water partition coefficient (Wildman–Crippen LogP) is 6.12. The number of aromatic nitrogens is 1. The number of rotatable bonds is 9. The molecule has 4 aromatic rings. The van der Waals surface area contributed by atoms with Gasteiger partial charge < -0.3 is 20.7 Å². The molecule has 1 aliphatic carbocycles. The molecule has 0 spiro atoms. The highest BCUT2D eigenvalue weighted by Crippen LogP contribution is 2.35. The zero-order valence-electron chi connectivity index (χ0n) is 22.5. The lowest BCUT2D eigenvalue weighted by Gasteiger charge is -2.32. The maximum Gasteiger partial charge on any atom is 0.268 e. The van der Waals surface area contributed by atoms with Gasteiger partial charge >= 0.3 is 0 Å². The van der Waals surface area contributed by atoms with Crippen molar-refractivity contribution in [3.8, 4) is 17.0 Å². The first-order valence-electron chi connectivity index (χ1n) is 13.3. The fourth-order valence-corrected chi connectivity index (χ4v) is 5.85. The van der Waals surface area contributed by atoms with E-state index in [1.165, 1.54) is 29.2 Å². The number of nitrogen functional groups attached to an aromatic ring is 1. The number of carbonyl (C=O) groups is 2. The van der Waals surface area contributed by atoms with Crippen molar-refractivity contribution in [1.82, 2.24) is 14.6 Å². The van der Waals surface area contributed by atoms with Gasteiger partial charge in [0.1, 0.15) is 34.0 Å². The number of methoxy groups -OCH3 is 1. The standard InChI is InChI=1S/C31H30F2N4O3S/c1-40-25-16-10-21(11-17-25)28(30(38)35-24-4-2-3-5-24)37(18-19-6-12-22(32)13-7-19)31(39)29-26(34)27(36-41-29)20-8-14-23(33)15-9-20/h6-17,24,28H,2-5,18,34H2,1H3,(H,35,38)/t28-/m1/s1. The van der Waals surface area contributed by atoms with E-state index in [2.05, 4.69) is 9.69 Å². The fraction of sp³-hybridized carbons (Fsp3) is 0.258. The van der Waals surface area contributed by atoms with E-state index in [1.54, 1.807) is 55.6 Å². The third-order valence-corrected chi connectivity index (χ3v) is 8.11. The van der Waals surface area contributed by atoms with E-state index in [-0.39, 0.29) is 29.1 Å². The number of nitrogens with two attached hydrogens (primary N) is 1. The number of carbonyl (C=O) groups excluding carboxylic acids is 2. The van der Waals surface area contributed by atoms with E-state index < -0.39 is 23.6 Å². The van der Waals surface area contributed by atoms with Gasteiger partial charge in [0.25, 0.3) is 5.91 Å². The zero-order valence-corrected chi connectivity index (χ0v) is 23.3. The van der Waals surface area contributed by atoms with Gasteiger partial charge in [-0.05, 0) is 84.0 Å². The topological polar surface area (TPSA) is 97.5 Å². The van der Waals surface area contributed by atoms with Crippen LogP contribution >= 0.6 is 11.5 Å². The minimum Gasteiger partial charge on any atom is -0.497 e. The monoisotopic (exact) mass is 576 g/mol. The average Bonchev–Trinajstić information content (AvgIpc) is 3.64. The van der Waals surface area contributed by atoms with Crippen LogP contribution in [-0.4, -0.2) is 34.2 Å². The minimum atomic E-state index is -1.02. The molecule has 41 heavy (non-hydrogen) atoms. The fourth-order valence-electron chi connectivity index (χ4n) is 5.07. The number of nitrogens with zero attached hydrogens (tertiary/aromatic N) is 2. The largest absolute Gasteiger partial charge is 0.497 e. The average molecular weight is 577 g/mol. The molecule has 1 aromatic heterocycles. The van der Waals surface area contributed by atoms with Crippen molar-refractivity contribution < 1.29 is 23.1 Å². The molecule has 1 fully saturated rings. The summed E-state index contributed by atoms with van der Waals surface area (Å²) in [5, 5.41) is 3.14. The van der Waals surface area contributed by atoms with Crippen LogP contribution in [0.3, 0.4) is 0 Å². The number of ether oxygens (including phenoxy) is 1. The van der Waals surface area contributed by atoms with Gasteiger partial charge in [-0.25, -0.2) is 8.78 Å². The van der Waals surface area contributed by atoms with E-state index in [0.717, 1.165) is 37.2 Å². The molecule has 0 aliphatic heterocycles. The van der Waals surface area contributed by atoms with Gasteiger partial charge in [0, 0.05) is 18.2 Å². The van der Waals surface area contributed by atoms with Crippen molar-refractivity contribution >= 4 is 29.0 Å². The number of benzene rings is 3. The molecule has 0 radical (unpaired) electrons. The summed E-state index contributed by atoms with van der Waals surface area (Å²) < 4.78 is 37.0. The van der Waals surface area contributed by atoms with E-state index in [1.807, 2.05) is 0 Å². The van der Waals surface area contributed by atoms with Crippen LogP contribution < -0.4 is 15.8 Å². The predicted molar refractivity (Wildman–Crippen MR) is 154 cm³/mol. The Bertz CT molecular complexity index is 1500. The molecular weight excluding hydrogens is 546 g/mol. The lowest BCUT2D eigenvalue weighted by atomic mass is 10.0. The van der Waals surface area contributed by atoms with E-state index >= 15 is 0 Å². The summed E-state index contributed by atoms with van der Waals surface area (Å²) in [6.07, 6.45) is 3.80. The Kier molecular flexibility index (Phi) is 8.58. The molecule has 10 heteroatoms. The Labute approximate surface area is 241 Å². The van der Waals surface area contributed by atoms with Gasteiger partial charge in [-0.1, -0.05) is 37.1 Å². The summed E-state index contributed by atoms with van der Waals surface area (Å²) in [5.74, 6) is -1.02. The van der Waals surface area contributed by atoms with Crippen LogP contribution in [0.2, 0.25) is 0 Å². The molecule has 1 heterocycles. The Morgan fingerprint density at radius 1 is 1.00 bits per heavy atom. The number of amides is 2.